The first-order valence-corrected chi connectivity index (χ1v) is 13.3. The van der Waals surface area contributed by atoms with Gasteiger partial charge >= 0.3 is 0 Å². The van der Waals surface area contributed by atoms with Crippen molar-refractivity contribution in [2.75, 3.05) is 0 Å². The van der Waals surface area contributed by atoms with Crippen molar-refractivity contribution in [2.45, 2.75) is 13.8 Å². The Balaban J connectivity index is 1.28. The van der Waals surface area contributed by atoms with Crippen LogP contribution in [0.2, 0.25) is 0 Å². The van der Waals surface area contributed by atoms with Crippen molar-refractivity contribution in [3.63, 3.8) is 0 Å². The van der Waals surface area contributed by atoms with Gasteiger partial charge in [-0.1, -0.05) is 0 Å². The second kappa shape index (κ2) is 6.60. The number of hydrogen-bond acceptors (Lipinski definition) is 7. The SMILES string of the molecule is Cc1cc2c([nH]1)-c1[nH]c(-c3c4c(c(-c5cc6c([nH]5)-c5[nH]c(C)cc5C6=O)c5nsnc35)N=S=N4)cc1C2=O. The van der Waals surface area contributed by atoms with Gasteiger partial charge in [0.15, 0.2) is 11.6 Å². The smallest absolute Gasteiger partial charge is 0.197 e. The van der Waals surface area contributed by atoms with Crippen LogP contribution in [0.3, 0.4) is 0 Å². The van der Waals surface area contributed by atoms with Gasteiger partial charge in [0, 0.05) is 22.5 Å². The number of fused-ring (bicyclic) bond motifs is 8. The molecule has 12 heteroatoms. The highest BCUT2D eigenvalue weighted by Crippen LogP contribution is 2.53. The van der Waals surface area contributed by atoms with Gasteiger partial charge in [0.25, 0.3) is 0 Å². The Morgan fingerprint density at radius 3 is 1.50 bits per heavy atom. The Hall–Kier alpha value is -4.68. The summed E-state index contributed by atoms with van der Waals surface area (Å²) in [6, 6.07) is 7.48. The molecule has 6 heterocycles. The lowest BCUT2D eigenvalue weighted by Crippen LogP contribution is -1.93. The minimum Gasteiger partial charge on any atom is -0.357 e. The summed E-state index contributed by atoms with van der Waals surface area (Å²) < 4.78 is 18.6. The van der Waals surface area contributed by atoms with E-state index in [-0.39, 0.29) is 11.6 Å². The normalized spacial score (nSPS) is 14.3. The van der Waals surface area contributed by atoms with E-state index in [0.717, 1.165) is 79.8 Å². The molecule has 182 valence electrons. The maximum atomic E-state index is 13.1. The fraction of sp³-hybridized carbons (Fsp3) is 0.0769. The van der Waals surface area contributed by atoms with Crippen molar-refractivity contribution in [3.05, 3.63) is 57.9 Å². The Labute approximate surface area is 220 Å². The van der Waals surface area contributed by atoms with Crippen molar-refractivity contribution >= 4 is 57.1 Å². The van der Waals surface area contributed by atoms with Gasteiger partial charge in [0.05, 0.1) is 79.5 Å². The van der Waals surface area contributed by atoms with Crippen molar-refractivity contribution in [1.29, 1.82) is 0 Å². The third-order valence-electron chi connectivity index (χ3n) is 7.48. The van der Waals surface area contributed by atoms with E-state index < -0.39 is 0 Å². The summed E-state index contributed by atoms with van der Waals surface area (Å²) in [5, 5.41) is 0. The zero-order chi connectivity index (χ0) is 25.4. The molecule has 0 saturated heterocycles. The molecule has 0 radical (unpaired) electrons. The fourth-order valence-corrected chi connectivity index (χ4v) is 7.04. The van der Waals surface area contributed by atoms with Crippen molar-refractivity contribution in [1.82, 2.24) is 28.7 Å². The van der Waals surface area contributed by atoms with Gasteiger partial charge in [-0.3, -0.25) is 9.59 Å². The maximum Gasteiger partial charge on any atom is 0.197 e. The number of nitrogens with zero attached hydrogens (tertiary/aromatic N) is 4. The summed E-state index contributed by atoms with van der Waals surface area (Å²) in [7, 11) is 0. The number of hydrogen-bond donors (Lipinski definition) is 4. The lowest BCUT2D eigenvalue weighted by molar-refractivity contribution is 0.103. The Morgan fingerprint density at radius 2 is 1.03 bits per heavy atom. The van der Waals surface area contributed by atoms with E-state index >= 15 is 0 Å². The average Bonchev–Trinajstić information content (AvgIpc) is 3.71. The topological polar surface area (TPSA) is 148 Å². The molecule has 0 saturated carbocycles. The number of nitrogens with one attached hydrogen (secondary N) is 4. The van der Waals surface area contributed by atoms with Crippen LogP contribution in [0.1, 0.15) is 43.2 Å². The monoisotopic (exact) mass is 534 g/mol. The molecule has 5 aromatic heterocycles. The largest absolute Gasteiger partial charge is 0.357 e. The zero-order valence-corrected chi connectivity index (χ0v) is 21.4. The van der Waals surface area contributed by atoms with Gasteiger partial charge in [-0.25, -0.2) is 0 Å². The van der Waals surface area contributed by atoms with Crippen LogP contribution in [0.25, 0.3) is 56.3 Å². The summed E-state index contributed by atoms with van der Waals surface area (Å²) in [6.07, 6.45) is 0. The second-order valence-electron chi connectivity index (χ2n) is 9.76. The molecule has 38 heavy (non-hydrogen) atoms. The molecule has 6 aromatic rings. The van der Waals surface area contributed by atoms with E-state index in [0.29, 0.717) is 44.7 Å². The predicted molar refractivity (Wildman–Crippen MR) is 144 cm³/mol. The van der Waals surface area contributed by atoms with Gasteiger partial charge in [-0.05, 0) is 38.1 Å². The Morgan fingerprint density at radius 1 is 0.605 bits per heavy atom. The van der Waals surface area contributed by atoms with Crippen LogP contribution in [0.5, 0.6) is 0 Å². The fourth-order valence-electron chi connectivity index (χ4n) is 5.92. The van der Waals surface area contributed by atoms with Gasteiger partial charge in [0.1, 0.15) is 22.4 Å². The molecule has 1 aliphatic heterocycles. The molecule has 1 aromatic carbocycles. The van der Waals surface area contributed by atoms with E-state index in [2.05, 4.69) is 37.4 Å². The van der Waals surface area contributed by atoms with Crippen LogP contribution < -0.4 is 0 Å². The Bertz CT molecular complexity index is 2050. The van der Waals surface area contributed by atoms with Crippen molar-refractivity contribution in [2.24, 2.45) is 8.73 Å². The summed E-state index contributed by atoms with van der Waals surface area (Å²) in [6.45, 7) is 3.87. The molecule has 10 nitrogen and oxygen atoms in total. The first-order chi connectivity index (χ1) is 18.5. The summed E-state index contributed by atoms with van der Waals surface area (Å²) in [5.41, 5.74) is 13.2. The quantitative estimate of drug-likeness (QED) is 0.212. The van der Waals surface area contributed by atoms with Crippen LogP contribution in [0, 0.1) is 13.8 Å². The molecule has 4 N–H and O–H groups in total. The maximum absolute atomic E-state index is 13.1. The van der Waals surface area contributed by atoms with Crippen LogP contribution >= 0.6 is 11.7 Å². The van der Waals surface area contributed by atoms with Crippen molar-refractivity contribution < 1.29 is 9.59 Å². The van der Waals surface area contributed by atoms with Gasteiger partial charge < -0.3 is 19.9 Å². The van der Waals surface area contributed by atoms with Gasteiger partial charge in [0.2, 0.25) is 0 Å². The summed E-state index contributed by atoms with van der Waals surface area (Å²) >= 11 is 2.21. The first kappa shape index (κ1) is 20.4. The standard InChI is InChI=1S/C26H14N8O2S2/c1-7-3-9-17(27-7)19-11(25(9)35)5-13(29-19)15-21-23(33-37-31-21)16(24-22(15)32-38-34-24)14-6-12-20(30-14)18-10(26(12)36)4-8(2)28-18/h3-6,27-30H,1-2H3. The van der Waals surface area contributed by atoms with Gasteiger partial charge in [-0.2, -0.15) is 17.5 Å². The molecule has 0 amide bonds. The summed E-state index contributed by atoms with van der Waals surface area (Å²) in [4.78, 5) is 39.6. The number of aromatic amines is 4. The lowest BCUT2D eigenvalue weighted by Gasteiger charge is -2.10. The predicted octanol–water partition coefficient (Wildman–Crippen LogP) is 6.10. The number of aryl methyl sites for hydroxylation is 2. The highest BCUT2D eigenvalue weighted by atomic mass is 32.1. The highest BCUT2D eigenvalue weighted by Gasteiger charge is 2.36. The minimum absolute atomic E-state index is 0.0109. The van der Waals surface area contributed by atoms with Crippen LogP contribution in [-0.4, -0.2) is 40.2 Å². The minimum atomic E-state index is -0.0109. The average molecular weight is 535 g/mol. The number of carbonyl (C=O) groups is 2. The number of benzene rings is 1. The van der Waals surface area contributed by atoms with Crippen LogP contribution in [-0.2, 0) is 11.4 Å². The molecule has 0 fully saturated rings. The first-order valence-electron chi connectivity index (χ1n) is 11.8. The van der Waals surface area contributed by atoms with E-state index in [4.69, 9.17) is 0 Å². The third kappa shape index (κ3) is 2.32. The lowest BCUT2D eigenvalue weighted by atomic mass is 9.98. The number of carbonyl (C=O) groups excluding carboxylic acids is 2. The number of ketones is 2. The number of rotatable bonds is 2. The molecule has 0 atom stereocenters. The third-order valence-corrected chi connectivity index (χ3v) is 8.54. The molecule has 0 unspecified atom stereocenters. The van der Waals surface area contributed by atoms with E-state index in [1.807, 2.05) is 38.1 Å². The number of aromatic nitrogens is 6. The molecular formula is C26H14N8O2S2. The molecule has 2 aliphatic carbocycles. The number of H-pyrrole nitrogens is 4. The summed E-state index contributed by atoms with van der Waals surface area (Å²) in [5.74, 6) is -0.0218. The van der Waals surface area contributed by atoms with Crippen LogP contribution in [0.15, 0.2) is 33.0 Å². The van der Waals surface area contributed by atoms with Crippen molar-refractivity contribution in [3.8, 4) is 45.3 Å². The zero-order valence-electron chi connectivity index (χ0n) is 19.7. The van der Waals surface area contributed by atoms with Gasteiger partial charge in [-0.15, -0.1) is 0 Å². The van der Waals surface area contributed by atoms with E-state index in [9.17, 15) is 9.59 Å². The van der Waals surface area contributed by atoms with E-state index in [1.54, 1.807) is 0 Å². The molecular weight excluding hydrogens is 520 g/mol. The Kier molecular flexibility index (Phi) is 3.54. The van der Waals surface area contributed by atoms with E-state index in [1.165, 1.54) is 0 Å². The molecule has 0 spiro atoms. The highest BCUT2D eigenvalue weighted by molar-refractivity contribution is 7.58. The molecule has 9 rings (SSSR count). The molecule has 3 aliphatic rings. The second-order valence-corrected chi connectivity index (χ2v) is 10.8. The molecule has 0 bridgehead atoms. The van der Waals surface area contributed by atoms with Crippen LogP contribution in [0.4, 0.5) is 11.4 Å².